The van der Waals surface area contributed by atoms with Crippen molar-refractivity contribution in [3.05, 3.63) is 29.6 Å². The largest absolute Gasteiger partial charge is 0.443 e. The van der Waals surface area contributed by atoms with Gasteiger partial charge in [-0.2, -0.15) is 0 Å². The Morgan fingerprint density at radius 3 is 2.56 bits per heavy atom. The fraction of sp³-hybridized carbons (Fsp3) is 0.429. The summed E-state index contributed by atoms with van der Waals surface area (Å²) >= 11 is 0. The number of aromatic nitrogens is 2. The van der Waals surface area contributed by atoms with Gasteiger partial charge in [0.25, 0.3) is 0 Å². The molecule has 0 fully saturated rings. The third-order valence-corrected chi connectivity index (χ3v) is 2.55. The second-order valence-corrected chi connectivity index (χ2v) is 5.47. The van der Waals surface area contributed by atoms with E-state index in [1.54, 1.807) is 6.92 Å². The van der Waals surface area contributed by atoms with Gasteiger partial charge in [-0.1, -0.05) is 6.07 Å². The Morgan fingerprint density at radius 2 is 1.94 bits per heavy atom. The van der Waals surface area contributed by atoms with Gasteiger partial charge in [0.1, 0.15) is 11.4 Å². The minimum Gasteiger partial charge on any atom is -0.443 e. The Labute approximate surface area is 107 Å². The molecule has 0 saturated heterocycles. The van der Waals surface area contributed by atoms with Crippen LogP contribution in [0.1, 0.15) is 32.2 Å². The van der Waals surface area contributed by atoms with Gasteiger partial charge in [-0.25, -0.2) is 14.3 Å². The monoisotopic (exact) mass is 246 g/mol. The number of hydrogen-bond donors (Lipinski definition) is 0. The molecule has 0 aliphatic rings. The molecule has 0 saturated carbocycles. The molecule has 18 heavy (non-hydrogen) atoms. The molecule has 96 valence electrons. The molecule has 4 nitrogen and oxygen atoms in total. The Hall–Kier alpha value is -1.84. The molecule has 0 N–H and O–H groups in total. The van der Waals surface area contributed by atoms with Crippen LogP contribution in [0.4, 0.5) is 4.79 Å². The summed E-state index contributed by atoms with van der Waals surface area (Å²) in [5, 5.41) is 0. The predicted molar refractivity (Wildman–Crippen MR) is 70.8 cm³/mol. The zero-order valence-corrected chi connectivity index (χ0v) is 11.4. The number of hydrogen-bond acceptors (Lipinski definition) is 3. The van der Waals surface area contributed by atoms with Crippen molar-refractivity contribution < 1.29 is 9.53 Å². The third kappa shape index (κ3) is 2.37. The summed E-state index contributed by atoms with van der Waals surface area (Å²) in [6.07, 6.45) is -0.381. The quantitative estimate of drug-likeness (QED) is 0.715. The van der Waals surface area contributed by atoms with Crippen molar-refractivity contribution in [3.8, 4) is 0 Å². The number of imidazole rings is 1. The van der Waals surface area contributed by atoms with Crippen LogP contribution in [-0.2, 0) is 4.74 Å². The fourth-order valence-corrected chi connectivity index (χ4v) is 1.84. The molecular weight excluding hydrogens is 228 g/mol. The van der Waals surface area contributed by atoms with Gasteiger partial charge in [-0.3, -0.25) is 0 Å². The number of carbonyl (C=O) groups excluding carboxylic acids is 1. The molecule has 4 heteroatoms. The van der Waals surface area contributed by atoms with Gasteiger partial charge in [0, 0.05) is 0 Å². The summed E-state index contributed by atoms with van der Waals surface area (Å²) in [5.41, 5.74) is 2.18. The normalized spacial score (nSPS) is 11.8. The summed E-state index contributed by atoms with van der Waals surface area (Å²) in [6, 6.07) is 5.84. The second kappa shape index (κ2) is 4.12. The van der Waals surface area contributed by atoms with Gasteiger partial charge in [-0.15, -0.1) is 0 Å². The lowest BCUT2D eigenvalue weighted by Gasteiger charge is -2.20. The molecule has 0 aliphatic heterocycles. The average molecular weight is 246 g/mol. The van der Waals surface area contributed by atoms with Crippen LogP contribution in [0.15, 0.2) is 18.2 Å². The highest BCUT2D eigenvalue weighted by Gasteiger charge is 2.21. The smallest absolute Gasteiger partial charge is 0.420 e. The van der Waals surface area contributed by atoms with Crippen LogP contribution in [0.25, 0.3) is 11.0 Å². The molecule has 1 aromatic carbocycles. The Morgan fingerprint density at radius 1 is 1.28 bits per heavy atom. The average Bonchev–Trinajstić information content (AvgIpc) is 2.50. The SMILES string of the molecule is Cc1ccc2nc(C)n(C(=O)OC(C)(C)C)c2c1. The van der Waals surface area contributed by atoms with E-state index in [0.717, 1.165) is 16.6 Å². The van der Waals surface area contributed by atoms with Crippen LogP contribution in [0.3, 0.4) is 0 Å². The molecule has 0 aliphatic carbocycles. The van der Waals surface area contributed by atoms with Crippen LogP contribution in [-0.4, -0.2) is 21.2 Å². The first-order valence-electron chi connectivity index (χ1n) is 5.97. The van der Waals surface area contributed by atoms with E-state index in [2.05, 4.69) is 4.98 Å². The summed E-state index contributed by atoms with van der Waals surface area (Å²) in [7, 11) is 0. The molecule has 0 atom stereocenters. The molecule has 0 radical (unpaired) electrons. The Bertz CT molecular complexity index is 606. The molecule has 2 aromatic rings. The molecule has 0 spiro atoms. The molecule has 1 heterocycles. The zero-order valence-electron chi connectivity index (χ0n) is 11.4. The Balaban J connectivity index is 2.53. The van der Waals surface area contributed by atoms with Gasteiger partial charge in [0.15, 0.2) is 0 Å². The van der Waals surface area contributed by atoms with Crippen LogP contribution in [0.5, 0.6) is 0 Å². The number of ether oxygens (including phenoxy) is 1. The highest BCUT2D eigenvalue weighted by atomic mass is 16.6. The number of fused-ring (bicyclic) bond motifs is 1. The van der Waals surface area contributed by atoms with E-state index in [1.807, 2.05) is 45.9 Å². The number of benzene rings is 1. The maximum atomic E-state index is 12.2. The van der Waals surface area contributed by atoms with Crippen molar-refractivity contribution in [1.29, 1.82) is 0 Å². The summed E-state index contributed by atoms with van der Waals surface area (Å²) in [6.45, 7) is 9.35. The first kappa shape index (κ1) is 12.6. The zero-order chi connectivity index (χ0) is 13.5. The van der Waals surface area contributed by atoms with Crippen LogP contribution < -0.4 is 0 Å². The van der Waals surface area contributed by atoms with Crippen molar-refractivity contribution in [2.75, 3.05) is 0 Å². The van der Waals surface area contributed by atoms with Gasteiger partial charge in [0.2, 0.25) is 0 Å². The van der Waals surface area contributed by atoms with Gasteiger partial charge >= 0.3 is 6.09 Å². The number of rotatable bonds is 0. The van der Waals surface area contributed by atoms with E-state index in [9.17, 15) is 4.79 Å². The van der Waals surface area contributed by atoms with Crippen LogP contribution >= 0.6 is 0 Å². The van der Waals surface area contributed by atoms with Gasteiger partial charge in [-0.05, 0) is 52.3 Å². The van der Waals surface area contributed by atoms with Crippen LogP contribution in [0.2, 0.25) is 0 Å². The van der Waals surface area contributed by atoms with E-state index in [0.29, 0.717) is 5.82 Å². The topological polar surface area (TPSA) is 44.1 Å². The van der Waals surface area contributed by atoms with Crippen molar-refractivity contribution in [2.45, 2.75) is 40.2 Å². The number of carbonyl (C=O) groups is 1. The Kier molecular flexibility index (Phi) is 2.89. The van der Waals surface area contributed by atoms with E-state index < -0.39 is 5.60 Å². The standard InChI is InChI=1S/C14H18N2O2/c1-9-6-7-11-12(8-9)16(10(2)15-11)13(17)18-14(3,4)5/h6-8H,1-5H3. The summed E-state index contributed by atoms with van der Waals surface area (Å²) in [5.74, 6) is 0.643. The molecule has 0 amide bonds. The maximum absolute atomic E-state index is 12.2. The second-order valence-electron chi connectivity index (χ2n) is 5.47. The van der Waals surface area contributed by atoms with Gasteiger partial charge < -0.3 is 4.74 Å². The lowest BCUT2D eigenvalue weighted by molar-refractivity contribution is 0.0540. The van der Waals surface area contributed by atoms with E-state index >= 15 is 0 Å². The first-order chi connectivity index (χ1) is 8.28. The highest BCUT2D eigenvalue weighted by molar-refractivity contribution is 5.88. The third-order valence-electron chi connectivity index (χ3n) is 2.55. The summed E-state index contributed by atoms with van der Waals surface area (Å²) in [4.78, 5) is 16.5. The van der Waals surface area contributed by atoms with E-state index in [1.165, 1.54) is 4.57 Å². The van der Waals surface area contributed by atoms with Crippen molar-refractivity contribution in [2.24, 2.45) is 0 Å². The van der Waals surface area contributed by atoms with Crippen LogP contribution in [0, 0.1) is 13.8 Å². The molecular formula is C14H18N2O2. The van der Waals surface area contributed by atoms with Gasteiger partial charge in [0.05, 0.1) is 11.0 Å². The number of aryl methyl sites for hydroxylation is 2. The highest BCUT2D eigenvalue weighted by Crippen LogP contribution is 2.19. The van der Waals surface area contributed by atoms with E-state index in [4.69, 9.17) is 4.74 Å². The summed E-state index contributed by atoms with van der Waals surface area (Å²) < 4.78 is 6.92. The predicted octanol–water partition coefficient (Wildman–Crippen LogP) is 3.44. The minimum atomic E-state index is -0.510. The lowest BCUT2D eigenvalue weighted by atomic mass is 10.2. The number of nitrogens with zero attached hydrogens (tertiary/aromatic N) is 2. The maximum Gasteiger partial charge on any atom is 0.420 e. The molecule has 1 aromatic heterocycles. The fourth-order valence-electron chi connectivity index (χ4n) is 1.84. The lowest BCUT2D eigenvalue weighted by Crippen LogP contribution is -2.27. The minimum absolute atomic E-state index is 0.381. The van der Waals surface area contributed by atoms with Crippen molar-refractivity contribution in [3.63, 3.8) is 0 Å². The molecule has 0 unspecified atom stereocenters. The first-order valence-corrected chi connectivity index (χ1v) is 5.97. The van der Waals surface area contributed by atoms with Crippen molar-refractivity contribution >= 4 is 17.1 Å². The van der Waals surface area contributed by atoms with E-state index in [-0.39, 0.29) is 6.09 Å². The van der Waals surface area contributed by atoms with Crippen molar-refractivity contribution in [1.82, 2.24) is 9.55 Å². The molecule has 2 rings (SSSR count). The molecule has 0 bridgehead atoms.